The van der Waals surface area contributed by atoms with E-state index in [-0.39, 0.29) is 10.7 Å². The molecule has 28 heavy (non-hydrogen) atoms. The molecule has 0 aliphatic carbocycles. The molecule has 0 aliphatic rings. The number of alkyl halides is 3. The van der Waals surface area contributed by atoms with Gasteiger partial charge in [-0.15, -0.1) is 0 Å². The third-order valence-corrected chi connectivity index (χ3v) is 4.16. The third kappa shape index (κ3) is 4.58. The number of carbonyl (C=O) groups excluding carboxylic acids is 1. The smallest absolute Gasteiger partial charge is 0.323 e. The third-order valence-electron chi connectivity index (χ3n) is 3.83. The first-order valence-corrected chi connectivity index (χ1v) is 8.40. The van der Waals surface area contributed by atoms with E-state index in [4.69, 9.17) is 11.6 Å². The molecule has 0 spiro atoms. The highest BCUT2D eigenvalue weighted by Crippen LogP contribution is 2.33. The number of anilines is 1. The predicted molar refractivity (Wildman–Crippen MR) is 99.0 cm³/mol. The normalized spacial score (nSPS) is 11.3. The Balaban J connectivity index is 1.76. The largest absolute Gasteiger partial charge is 0.416 e. The van der Waals surface area contributed by atoms with Gasteiger partial charge >= 0.3 is 6.18 Å². The lowest BCUT2D eigenvalue weighted by Gasteiger charge is -2.12. The number of rotatable bonds is 4. The van der Waals surface area contributed by atoms with Crippen molar-refractivity contribution in [2.45, 2.75) is 12.7 Å². The Kier molecular flexibility index (Phi) is 5.51. The Morgan fingerprint density at radius 3 is 2.46 bits per heavy atom. The van der Waals surface area contributed by atoms with Crippen LogP contribution in [0.15, 0.2) is 65.7 Å². The van der Waals surface area contributed by atoms with Crippen LogP contribution in [0.25, 0.3) is 11.3 Å². The predicted octanol–water partition coefficient (Wildman–Crippen LogP) is 4.22. The van der Waals surface area contributed by atoms with Gasteiger partial charge in [0.05, 0.1) is 28.3 Å². The van der Waals surface area contributed by atoms with E-state index < -0.39 is 29.8 Å². The minimum Gasteiger partial charge on any atom is -0.323 e. The van der Waals surface area contributed by atoms with E-state index >= 15 is 0 Å². The summed E-state index contributed by atoms with van der Waals surface area (Å²) in [5.74, 6) is -0.711. The Morgan fingerprint density at radius 2 is 1.82 bits per heavy atom. The van der Waals surface area contributed by atoms with Crippen molar-refractivity contribution in [1.82, 2.24) is 9.55 Å². The first-order chi connectivity index (χ1) is 13.2. The molecule has 0 saturated carbocycles. The van der Waals surface area contributed by atoms with Gasteiger partial charge in [-0.3, -0.25) is 14.2 Å². The summed E-state index contributed by atoms with van der Waals surface area (Å²) in [6.45, 7) is -0.423. The monoisotopic (exact) mass is 407 g/mol. The number of nitrogens with one attached hydrogen (secondary N) is 1. The molecule has 3 aromatic rings. The highest BCUT2D eigenvalue weighted by atomic mass is 35.5. The molecule has 0 fully saturated rings. The molecule has 2 aromatic carbocycles. The van der Waals surface area contributed by atoms with Crippen LogP contribution < -0.4 is 10.9 Å². The molecule has 3 rings (SSSR count). The number of benzene rings is 2. The highest BCUT2D eigenvalue weighted by molar-refractivity contribution is 6.33. The fourth-order valence-corrected chi connectivity index (χ4v) is 2.62. The van der Waals surface area contributed by atoms with E-state index in [2.05, 4.69) is 10.3 Å². The molecule has 0 atom stereocenters. The fourth-order valence-electron chi connectivity index (χ4n) is 2.45. The van der Waals surface area contributed by atoms with Crippen molar-refractivity contribution in [2.24, 2.45) is 0 Å². The summed E-state index contributed by atoms with van der Waals surface area (Å²) in [7, 11) is 0. The van der Waals surface area contributed by atoms with Gasteiger partial charge < -0.3 is 5.32 Å². The first-order valence-electron chi connectivity index (χ1n) is 8.02. The van der Waals surface area contributed by atoms with Crippen LogP contribution in [-0.2, 0) is 17.5 Å². The van der Waals surface area contributed by atoms with Crippen LogP contribution in [0.4, 0.5) is 18.9 Å². The van der Waals surface area contributed by atoms with Gasteiger partial charge in [0.25, 0.3) is 5.56 Å². The van der Waals surface area contributed by atoms with Crippen molar-refractivity contribution >= 4 is 23.2 Å². The highest BCUT2D eigenvalue weighted by Gasteiger charge is 2.31. The van der Waals surface area contributed by atoms with Gasteiger partial charge in [-0.25, -0.2) is 4.98 Å². The second-order valence-corrected chi connectivity index (χ2v) is 6.25. The van der Waals surface area contributed by atoms with Gasteiger partial charge in [0.1, 0.15) is 6.54 Å². The first kappa shape index (κ1) is 19.6. The van der Waals surface area contributed by atoms with Gasteiger partial charge in [-0.1, -0.05) is 41.9 Å². The van der Waals surface area contributed by atoms with Crippen molar-refractivity contribution in [2.75, 3.05) is 5.32 Å². The lowest BCUT2D eigenvalue weighted by atomic mass is 10.1. The molecule has 0 saturated heterocycles. The Labute approximate surface area is 162 Å². The summed E-state index contributed by atoms with van der Waals surface area (Å²) in [4.78, 5) is 28.5. The minimum absolute atomic E-state index is 0.0498. The summed E-state index contributed by atoms with van der Waals surface area (Å²) in [5.41, 5.74) is -0.420. The summed E-state index contributed by atoms with van der Waals surface area (Å²) in [5, 5.41) is 2.24. The van der Waals surface area contributed by atoms with Gasteiger partial charge in [-0.05, 0) is 18.2 Å². The average molecular weight is 408 g/mol. The van der Waals surface area contributed by atoms with Crippen molar-refractivity contribution < 1.29 is 18.0 Å². The van der Waals surface area contributed by atoms with Crippen molar-refractivity contribution in [3.05, 3.63) is 81.9 Å². The maximum atomic E-state index is 12.8. The lowest BCUT2D eigenvalue weighted by Crippen LogP contribution is -2.27. The average Bonchev–Trinajstić information content (AvgIpc) is 2.65. The fraction of sp³-hybridized carbons (Fsp3) is 0.105. The number of hydrogen-bond acceptors (Lipinski definition) is 3. The molecule has 0 radical (unpaired) electrons. The summed E-state index contributed by atoms with van der Waals surface area (Å²) in [6.07, 6.45) is -3.36. The van der Waals surface area contributed by atoms with Crippen LogP contribution >= 0.6 is 11.6 Å². The van der Waals surface area contributed by atoms with Gasteiger partial charge in [0.15, 0.2) is 0 Å². The SMILES string of the molecule is O=C(Cn1cnc(-c2ccccc2)cc1=O)Nc1cc(C(F)(F)F)ccc1Cl. The molecule has 0 bridgehead atoms. The van der Waals surface area contributed by atoms with Crippen molar-refractivity contribution in [3.63, 3.8) is 0 Å². The zero-order valence-electron chi connectivity index (χ0n) is 14.2. The van der Waals surface area contributed by atoms with E-state index in [1.54, 1.807) is 24.3 Å². The minimum atomic E-state index is -4.57. The van der Waals surface area contributed by atoms with E-state index in [0.29, 0.717) is 5.69 Å². The van der Waals surface area contributed by atoms with Gasteiger partial charge in [0.2, 0.25) is 5.91 Å². The quantitative estimate of drug-likeness (QED) is 0.704. The molecule has 9 heteroatoms. The summed E-state index contributed by atoms with van der Waals surface area (Å²) in [6, 6.07) is 12.9. The second-order valence-electron chi connectivity index (χ2n) is 5.85. The van der Waals surface area contributed by atoms with Crippen LogP contribution in [0.1, 0.15) is 5.56 Å². The van der Waals surface area contributed by atoms with E-state index in [1.807, 2.05) is 6.07 Å². The maximum Gasteiger partial charge on any atom is 0.416 e. The molecule has 1 amide bonds. The second kappa shape index (κ2) is 7.85. The molecule has 144 valence electrons. The van der Waals surface area contributed by atoms with Gasteiger partial charge in [0, 0.05) is 11.6 Å². The molecule has 0 aliphatic heterocycles. The Hall–Kier alpha value is -3.13. The van der Waals surface area contributed by atoms with E-state index in [0.717, 1.165) is 28.3 Å². The number of hydrogen-bond donors (Lipinski definition) is 1. The van der Waals surface area contributed by atoms with Gasteiger partial charge in [-0.2, -0.15) is 13.2 Å². The van der Waals surface area contributed by atoms with Crippen LogP contribution in [-0.4, -0.2) is 15.5 Å². The number of carbonyl (C=O) groups is 1. The van der Waals surface area contributed by atoms with Crippen LogP contribution in [0.2, 0.25) is 5.02 Å². The van der Waals surface area contributed by atoms with E-state index in [1.165, 1.54) is 12.4 Å². The zero-order chi connectivity index (χ0) is 20.3. The van der Waals surface area contributed by atoms with Crippen molar-refractivity contribution in [3.8, 4) is 11.3 Å². The van der Waals surface area contributed by atoms with Crippen LogP contribution in [0, 0.1) is 0 Å². The summed E-state index contributed by atoms with van der Waals surface area (Å²) < 4.78 is 39.5. The standard InChI is InChI=1S/C19H13ClF3N3O2/c20-14-7-6-13(19(21,22)23)8-16(14)25-17(27)10-26-11-24-15(9-18(26)28)12-4-2-1-3-5-12/h1-9,11H,10H2,(H,25,27). The molecule has 1 heterocycles. The maximum absolute atomic E-state index is 12.8. The molecular weight excluding hydrogens is 395 g/mol. The van der Waals surface area contributed by atoms with Crippen LogP contribution in [0.5, 0.6) is 0 Å². The topological polar surface area (TPSA) is 64.0 Å². The molecule has 0 unspecified atom stereocenters. The Morgan fingerprint density at radius 1 is 1.11 bits per heavy atom. The number of halogens is 4. The lowest BCUT2D eigenvalue weighted by molar-refractivity contribution is -0.137. The van der Waals surface area contributed by atoms with Crippen molar-refractivity contribution in [1.29, 1.82) is 0 Å². The summed E-state index contributed by atoms with van der Waals surface area (Å²) >= 11 is 5.85. The Bertz CT molecular complexity index is 1070. The molecule has 1 aromatic heterocycles. The van der Waals surface area contributed by atoms with Crippen LogP contribution in [0.3, 0.4) is 0 Å². The number of amides is 1. The zero-order valence-corrected chi connectivity index (χ0v) is 15.0. The molecule has 5 nitrogen and oxygen atoms in total. The molecular formula is C19H13ClF3N3O2. The number of nitrogens with zero attached hydrogens (tertiary/aromatic N) is 2. The van der Waals surface area contributed by atoms with E-state index in [9.17, 15) is 22.8 Å². The number of aromatic nitrogens is 2. The molecule has 1 N–H and O–H groups in total.